The van der Waals surface area contributed by atoms with Crippen LogP contribution in [-0.4, -0.2) is 6.61 Å². The van der Waals surface area contributed by atoms with Crippen LogP contribution in [0.5, 0.6) is 5.75 Å². The Labute approximate surface area is 136 Å². The average Bonchev–Trinajstić information content (AvgIpc) is 2.45. The first kappa shape index (κ1) is 16.0. The number of ether oxygens (including phenoxy) is 1. The zero-order valence-electron chi connectivity index (χ0n) is 12.0. The highest BCUT2D eigenvalue weighted by Crippen LogP contribution is 2.21. The van der Waals surface area contributed by atoms with Crippen molar-refractivity contribution >= 4 is 28.9 Å². The lowest BCUT2D eigenvalue weighted by Crippen LogP contribution is -2.01. The van der Waals surface area contributed by atoms with E-state index in [2.05, 4.69) is 12.2 Å². The number of anilines is 1. The molecule has 2 nitrogen and oxygen atoms in total. The normalized spacial score (nSPS) is 10.4. The second kappa shape index (κ2) is 8.16. The van der Waals surface area contributed by atoms with Crippen molar-refractivity contribution in [2.24, 2.45) is 0 Å². The van der Waals surface area contributed by atoms with Crippen LogP contribution in [0, 0.1) is 0 Å². The van der Waals surface area contributed by atoms with E-state index in [-0.39, 0.29) is 0 Å². The molecule has 0 unspecified atom stereocenters. The molecular formula is C17H19Cl2NO. The zero-order valence-corrected chi connectivity index (χ0v) is 13.5. The highest BCUT2D eigenvalue weighted by Gasteiger charge is 2.00. The number of hydrogen-bond donors (Lipinski definition) is 1. The van der Waals surface area contributed by atoms with Gasteiger partial charge in [-0.05, 0) is 42.3 Å². The van der Waals surface area contributed by atoms with Gasteiger partial charge in [0.1, 0.15) is 5.75 Å². The fourth-order valence-corrected chi connectivity index (χ4v) is 2.52. The van der Waals surface area contributed by atoms with Gasteiger partial charge in [0.15, 0.2) is 0 Å². The molecule has 0 aliphatic rings. The molecule has 0 heterocycles. The van der Waals surface area contributed by atoms with Crippen LogP contribution in [0.4, 0.5) is 5.69 Å². The average molecular weight is 324 g/mol. The SMILES string of the molecule is CCCCOc1cccc(NCc2cc(Cl)cc(Cl)c2)c1. The molecule has 0 fully saturated rings. The van der Waals surface area contributed by atoms with E-state index in [1.54, 1.807) is 6.07 Å². The van der Waals surface area contributed by atoms with Crippen molar-refractivity contribution in [3.63, 3.8) is 0 Å². The van der Waals surface area contributed by atoms with Gasteiger partial charge in [-0.15, -0.1) is 0 Å². The van der Waals surface area contributed by atoms with Crippen LogP contribution in [0.3, 0.4) is 0 Å². The van der Waals surface area contributed by atoms with Crippen molar-refractivity contribution in [1.82, 2.24) is 0 Å². The molecule has 2 rings (SSSR count). The van der Waals surface area contributed by atoms with Crippen LogP contribution in [0.2, 0.25) is 10.0 Å². The third-order valence-electron chi connectivity index (χ3n) is 3.02. The van der Waals surface area contributed by atoms with Crippen LogP contribution in [0.25, 0.3) is 0 Å². The summed E-state index contributed by atoms with van der Waals surface area (Å²) in [6.07, 6.45) is 2.20. The minimum atomic E-state index is 0.649. The van der Waals surface area contributed by atoms with E-state index in [0.29, 0.717) is 16.6 Å². The van der Waals surface area contributed by atoms with Crippen LogP contribution < -0.4 is 10.1 Å². The molecule has 0 radical (unpaired) electrons. The molecule has 112 valence electrons. The lowest BCUT2D eigenvalue weighted by Gasteiger charge is -2.10. The number of rotatable bonds is 7. The van der Waals surface area contributed by atoms with E-state index in [9.17, 15) is 0 Å². The van der Waals surface area contributed by atoms with Crippen molar-refractivity contribution in [1.29, 1.82) is 0 Å². The lowest BCUT2D eigenvalue weighted by molar-refractivity contribution is 0.309. The highest BCUT2D eigenvalue weighted by atomic mass is 35.5. The zero-order chi connectivity index (χ0) is 15.1. The third kappa shape index (κ3) is 5.49. The van der Waals surface area contributed by atoms with Gasteiger partial charge in [0.05, 0.1) is 6.61 Å². The van der Waals surface area contributed by atoms with Gasteiger partial charge < -0.3 is 10.1 Å². The molecule has 0 bridgehead atoms. The molecule has 0 saturated carbocycles. The van der Waals surface area contributed by atoms with Crippen LogP contribution in [0.15, 0.2) is 42.5 Å². The summed E-state index contributed by atoms with van der Waals surface area (Å²) in [5.74, 6) is 0.887. The predicted molar refractivity (Wildman–Crippen MR) is 90.6 cm³/mol. The lowest BCUT2D eigenvalue weighted by atomic mass is 10.2. The molecule has 0 spiro atoms. The second-order valence-electron chi connectivity index (χ2n) is 4.86. The van der Waals surface area contributed by atoms with Gasteiger partial charge in [-0.1, -0.05) is 42.6 Å². The van der Waals surface area contributed by atoms with Gasteiger partial charge in [0.25, 0.3) is 0 Å². The molecule has 0 saturated heterocycles. The Hall–Kier alpha value is -1.38. The summed E-state index contributed by atoms with van der Waals surface area (Å²) in [6, 6.07) is 13.5. The molecule has 0 aromatic heterocycles. The summed E-state index contributed by atoms with van der Waals surface area (Å²) >= 11 is 12.0. The molecule has 0 aliphatic carbocycles. The first-order valence-corrected chi connectivity index (χ1v) is 7.84. The monoisotopic (exact) mass is 323 g/mol. The molecule has 0 atom stereocenters. The maximum Gasteiger partial charge on any atom is 0.121 e. The first-order valence-electron chi connectivity index (χ1n) is 7.09. The minimum absolute atomic E-state index is 0.649. The summed E-state index contributed by atoms with van der Waals surface area (Å²) < 4.78 is 5.70. The number of nitrogens with one attached hydrogen (secondary N) is 1. The summed E-state index contributed by atoms with van der Waals surface area (Å²) in [4.78, 5) is 0. The molecule has 4 heteroatoms. The number of halogens is 2. The maximum atomic E-state index is 6.00. The Morgan fingerprint density at radius 1 is 1.05 bits per heavy atom. The number of hydrogen-bond acceptors (Lipinski definition) is 2. The Balaban J connectivity index is 1.94. The van der Waals surface area contributed by atoms with Crippen LogP contribution in [0.1, 0.15) is 25.3 Å². The molecule has 2 aromatic rings. The fraction of sp³-hybridized carbons (Fsp3) is 0.294. The number of benzene rings is 2. The largest absolute Gasteiger partial charge is 0.494 e. The maximum absolute atomic E-state index is 6.00. The van der Waals surface area contributed by atoms with E-state index >= 15 is 0 Å². The highest BCUT2D eigenvalue weighted by molar-refractivity contribution is 6.34. The van der Waals surface area contributed by atoms with Crippen molar-refractivity contribution < 1.29 is 4.74 Å². The quantitative estimate of drug-likeness (QED) is 0.651. The summed E-state index contributed by atoms with van der Waals surface area (Å²) in [6.45, 7) is 3.57. The van der Waals surface area contributed by atoms with E-state index in [1.165, 1.54) is 0 Å². The molecule has 1 N–H and O–H groups in total. The van der Waals surface area contributed by atoms with Crippen molar-refractivity contribution in [2.75, 3.05) is 11.9 Å². The third-order valence-corrected chi connectivity index (χ3v) is 3.46. The first-order chi connectivity index (χ1) is 10.2. The molecular weight excluding hydrogens is 305 g/mol. The van der Waals surface area contributed by atoms with Crippen molar-refractivity contribution in [3.05, 3.63) is 58.1 Å². The Kier molecular flexibility index (Phi) is 6.21. The van der Waals surface area contributed by atoms with Gasteiger partial charge in [0.2, 0.25) is 0 Å². The standard InChI is InChI=1S/C17H19Cl2NO/c1-2-3-7-21-17-6-4-5-16(11-17)20-12-13-8-14(18)10-15(19)9-13/h4-6,8-11,20H,2-3,7,12H2,1H3. The van der Waals surface area contributed by atoms with Crippen molar-refractivity contribution in [3.8, 4) is 5.75 Å². The van der Waals surface area contributed by atoms with Crippen molar-refractivity contribution in [2.45, 2.75) is 26.3 Å². The van der Waals surface area contributed by atoms with Gasteiger partial charge in [-0.3, -0.25) is 0 Å². The summed E-state index contributed by atoms with van der Waals surface area (Å²) in [5, 5.41) is 4.65. The van der Waals surface area contributed by atoms with Gasteiger partial charge >= 0.3 is 0 Å². The minimum Gasteiger partial charge on any atom is -0.494 e. The van der Waals surface area contributed by atoms with Crippen LogP contribution in [-0.2, 0) is 6.54 Å². The van der Waals surface area contributed by atoms with E-state index in [4.69, 9.17) is 27.9 Å². The summed E-state index contributed by atoms with van der Waals surface area (Å²) in [7, 11) is 0. The predicted octanol–water partition coefficient (Wildman–Crippen LogP) is 5.78. The Morgan fingerprint density at radius 3 is 2.52 bits per heavy atom. The smallest absolute Gasteiger partial charge is 0.121 e. The molecule has 21 heavy (non-hydrogen) atoms. The summed E-state index contributed by atoms with van der Waals surface area (Å²) in [5.41, 5.74) is 2.06. The number of unbranched alkanes of at least 4 members (excludes halogenated alkanes) is 1. The van der Waals surface area contributed by atoms with E-state index < -0.39 is 0 Å². The van der Waals surface area contributed by atoms with Crippen LogP contribution >= 0.6 is 23.2 Å². The fourth-order valence-electron chi connectivity index (χ4n) is 1.95. The molecule has 0 aliphatic heterocycles. The van der Waals surface area contributed by atoms with Gasteiger partial charge in [-0.25, -0.2) is 0 Å². The Morgan fingerprint density at radius 2 is 1.81 bits per heavy atom. The van der Waals surface area contributed by atoms with E-state index in [0.717, 1.165) is 36.4 Å². The topological polar surface area (TPSA) is 21.3 Å². The van der Waals surface area contributed by atoms with Gasteiger partial charge in [-0.2, -0.15) is 0 Å². The van der Waals surface area contributed by atoms with Gasteiger partial charge in [0, 0.05) is 28.3 Å². The van der Waals surface area contributed by atoms with E-state index in [1.807, 2.05) is 36.4 Å². The Bertz CT molecular complexity index is 567. The molecule has 2 aromatic carbocycles. The molecule has 0 amide bonds. The second-order valence-corrected chi connectivity index (χ2v) is 5.73.